The zero-order valence-electron chi connectivity index (χ0n) is 12.4. The molecule has 0 saturated carbocycles. The highest BCUT2D eigenvalue weighted by Crippen LogP contribution is 2.41. The lowest BCUT2D eigenvalue weighted by atomic mass is 9.85. The predicted octanol–water partition coefficient (Wildman–Crippen LogP) is 2.26. The molecule has 2 unspecified atom stereocenters. The van der Waals surface area contributed by atoms with E-state index in [0.29, 0.717) is 11.8 Å². The Morgan fingerprint density at radius 2 is 2.20 bits per heavy atom. The number of nitrogens with zero attached hydrogens (tertiary/aromatic N) is 1. The summed E-state index contributed by atoms with van der Waals surface area (Å²) >= 11 is 0. The maximum Gasteiger partial charge on any atom is 0.123 e. The van der Waals surface area contributed by atoms with Gasteiger partial charge >= 0.3 is 0 Å². The third-order valence-electron chi connectivity index (χ3n) is 5.12. The molecule has 1 N–H and O–H groups in total. The number of ether oxygens (including phenoxy) is 1. The van der Waals surface area contributed by atoms with Crippen LogP contribution in [-0.2, 0) is 6.54 Å². The Hall–Kier alpha value is -1.13. The van der Waals surface area contributed by atoms with Crippen molar-refractivity contribution >= 4 is 0 Å². The number of hydrogen-bond acceptors (Lipinski definition) is 3. The minimum Gasteiger partial charge on any atom is -0.496 e. The Kier molecular flexibility index (Phi) is 3.46. The van der Waals surface area contributed by atoms with E-state index in [1.807, 2.05) is 0 Å². The smallest absolute Gasteiger partial charge is 0.123 e. The molecule has 2 heterocycles. The summed E-state index contributed by atoms with van der Waals surface area (Å²) in [5.74, 6) is 1.98. The Bertz CT molecular complexity index is 503. The molecule has 0 spiro atoms. The van der Waals surface area contributed by atoms with Gasteiger partial charge in [0, 0.05) is 30.7 Å². The zero-order chi connectivity index (χ0) is 14.3. The molecule has 0 amide bonds. The van der Waals surface area contributed by atoms with E-state index in [2.05, 4.69) is 24.1 Å². The molecule has 0 aromatic heterocycles. The van der Waals surface area contributed by atoms with Crippen LogP contribution in [0.3, 0.4) is 0 Å². The highest BCUT2D eigenvalue weighted by Gasteiger charge is 2.49. The molecule has 2 saturated heterocycles. The number of nitrogens with one attached hydrogen (secondary N) is 1. The molecule has 2 fully saturated rings. The van der Waals surface area contributed by atoms with Crippen molar-refractivity contribution in [2.75, 3.05) is 26.7 Å². The number of fused-ring (bicyclic) bond motifs is 1. The normalized spacial score (nSPS) is 28.6. The van der Waals surface area contributed by atoms with Gasteiger partial charge in [-0.05, 0) is 50.4 Å². The van der Waals surface area contributed by atoms with Gasteiger partial charge < -0.3 is 10.1 Å². The quantitative estimate of drug-likeness (QED) is 0.918. The van der Waals surface area contributed by atoms with Crippen LogP contribution in [0.15, 0.2) is 18.2 Å². The first-order valence-electron chi connectivity index (χ1n) is 7.30. The number of benzene rings is 1. The third kappa shape index (κ3) is 2.21. The molecule has 20 heavy (non-hydrogen) atoms. The standard InChI is InChI=1S/C16H23FN2O/c1-16(2)14-8-18-7-12(14)10-19(16)9-11-6-13(17)4-5-15(11)20-3/h4-6,12,14,18H,7-10H2,1-3H3. The summed E-state index contributed by atoms with van der Waals surface area (Å²) < 4.78 is 18.9. The van der Waals surface area contributed by atoms with Gasteiger partial charge in [-0.15, -0.1) is 0 Å². The monoisotopic (exact) mass is 278 g/mol. The van der Waals surface area contributed by atoms with E-state index in [9.17, 15) is 4.39 Å². The van der Waals surface area contributed by atoms with Crippen molar-refractivity contribution in [2.45, 2.75) is 25.9 Å². The Labute approximate surface area is 120 Å². The number of hydrogen-bond donors (Lipinski definition) is 1. The second kappa shape index (κ2) is 5.01. The molecule has 2 atom stereocenters. The van der Waals surface area contributed by atoms with E-state index in [0.717, 1.165) is 37.5 Å². The molecule has 4 heteroatoms. The summed E-state index contributed by atoms with van der Waals surface area (Å²) in [4.78, 5) is 2.47. The fourth-order valence-corrected chi connectivity index (χ4v) is 3.85. The lowest BCUT2D eigenvalue weighted by Crippen LogP contribution is -2.43. The van der Waals surface area contributed by atoms with E-state index in [4.69, 9.17) is 4.74 Å². The summed E-state index contributed by atoms with van der Waals surface area (Å²) in [5, 5.41) is 3.48. The van der Waals surface area contributed by atoms with E-state index >= 15 is 0 Å². The van der Waals surface area contributed by atoms with E-state index in [-0.39, 0.29) is 11.4 Å². The van der Waals surface area contributed by atoms with Crippen LogP contribution in [0, 0.1) is 17.7 Å². The molecule has 2 aliphatic heterocycles. The van der Waals surface area contributed by atoms with Crippen LogP contribution >= 0.6 is 0 Å². The van der Waals surface area contributed by atoms with Gasteiger partial charge in [0.2, 0.25) is 0 Å². The molecule has 0 aliphatic carbocycles. The summed E-state index contributed by atoms with van der Waals surface area (Å²) in [5.41, 5.74) is 1.08. The van der Waals surface area contributed by atoms with Crippen LogP contribution in [-0.4, -0.2) is 37.2 Å². The molecule has 0 radical (unpaired) electrons. The van der Waals surface area contributed by atoms with Crippen LogP contribution in [0.25, 0.3) is 0 Å². The minimum atomic E-state index is -0.195. The Morgan fingerprint density at radius 1 is 1.40 bits per heavy atom. The fourth-order valence-electron chi connectivity index (χ4n) is 3.85. The van der Waals surface area contributed by atoms with Crippen molar-refractivity contribution in [3.8, 4) is 5.75 Å². The summed E-state index contributed by atoms with van der Waals surface area (Å²) in [7, 11) is 1.64. The van der Waals surface area contributed by atoms with Gasteiger partial charge in [-0.3, -0.25) is 4.90 Å². The predicted molar refractivity (Wildman–Crippen MR) is 77.3 cm³/mol. The highest BCUT2D eigenvalue weighted by atomic mass is 19.1. The van der Waals surface area contributed by atoms with Crippen LogP contribution < -0.4 is 10.1 Å². The topological polar surface area (TPSA) is 24.5 Å². The van der Waals surface area contributed by atoms with Crippen LogP contribution in [0.2, 0.25) is 0 Å². The highest BCUT2D eigenvalue weighted by molar-refractivity contribution is 5.34. The van der Waals surface area contributed by atoms with Gasteiger partial charge in [0.1, 0.15) is 11.6 Å². The van der Waals surface area contributed by atoms with E-state index < -0.39 is 0 Å². The average molecular weight is 278 g/mol. The number of rotatable bonds is 3. The average Bonchev–Trinajstić information content (AvgIpc) is 2.94. The largest absolute Gasteiger partial charge is 0.496 e. The maximum atomic E-state index is 13.5. The third-order valence-corrected chi connectivity index (χ3v) is 5.12. The van der Waals surface area contributed by atoms with Crippen molar-refractivity contribution in [2.24, 2.45) is 11.8 Å². The SMILES string of the molecule is COc1ccc(F)cc1CN1CC2CNCC2C1(C)C. The van der Waals surface area contributed by atoms with Crippen molar-refractivity contribution in [1.29, 1.82) is 0 Å². The molecular formula is C16H23FN2O. The molecule has 3 rings (SSSR count). The van der Waals surface area contributed by atoms with Gasteiger partial charge in [0.15, 0.2) is 0 Å². The first kappa shape index (κ1) is 13.8. The van der Waals surface area contributed by atoms with Crippen LogP contribution in [0.4, 0.5) is 4.39 Å². The van der Waals surface area contributed by atoms with Crippen LogP contribution in [0.5, 0.6) is 5.75 Å². The van der Waals surface area contributed by atoms with Crippen LogP contribution in [0.1, 0.15) is 19.4 Å². The summed E-state index contributed by atoms with van der Waals surface area (Å²) in [6.07, 6.45) is 0. The number of halogens is 1. The Morgan fingerprint density at radius 3 is 2.90 bits per heavy atom. The molecular weight excluding hydrogens is 255 g/mol. The molecule has 2 aliphatic rings. The molecule has 1 aromatic carbocycles. The van der Waals surface area contributed by atoms with Gasteiger partial charge in [0.05, 0.1) is 7.11 Å². The summed E-state index contributed by atoms with van der Waals surface area (Å²) in [6, 6.07) is 4.77. The number of likely N-dealkylation sites (tertiary alicyclic amines) is 1. The molecule has 3 nitrogen and oxygen atoms in total. The van der Waals surface area contributed by atoms with Crippen molar-refractivity contribution in [3.05, 3.63) is 29.6 Å². The molecule has 110 valence electrons. The maximum absolute atomic E-state index is 13.5. The Balaban J connectivity index is 1.83. The number of methoxy groups -OCH3 is 1. The lowest BCUT2D eigenvalue weighted by Gasteiger charge is -2.36. The fraction of sp³-hybridized carbons (Fsp3) is 0.625. The van der Waals surface area contributed by atoms with Gasteiger partial charge in [-0.1, -0.05) is 0 Å². The summed E-state index contributed by atoms with van der Waals surface area (Å²) in [6.45, 7) is 8.62. The van der Waals surface area contributed by atoms with E-state index in [1.54, 1.807) is 19.2 Å². The van der Waals surface area contributed by atoms with E-state index in [1.165, 1.54) is 6.07 Å². The van der Waals surface area contributed by atoms with Gasteiger partial charge in [-0.25, -0.2) is 4.39 Å². The van der Waals surface area contributed by atoms with Crippen molar-refractivity contribution in [3.63, 3.8) is 0 Å². The second-order valence-electron chi connectivity index (χ2n) is 6.52. The minimum absolute atomic E-state index is 0.144. The first-order chi connectivity index (χ1) is 9.52. The lowest BCUT2D eigenvalue weighted by molar-refractivity contribution is 0.130. The van der Waals surface area contributed by atoms with Crippen molar-refractivity contribution in [1.82, 2.24) is 10.2 Å². The van der Waals surface area contributed by atoms with Gasteiger partial charge in [-0.2, -0.15) is 0 Å². The second-order valence-corrected chi connectivity index (χ2v) is 6.52. The van der Waals surface area contributed by atoms with Gasteiger partial charge in [0.25, 0.3) is 0 Å². The first-order valence-corrected chi connectivity index (χ1v) is 7.30. The molecule has 0 bridgehead atoms. The van der Waals surface area contributed by atoms with Crippen molar-refractivity contribution < 1.29 is 9.13 Å². The molecule has 1 aromatic rings. The zero-order valence-corrected chi connectivity index (χ0v) is 12.4.